The number of aromatic carboxylic acids is 1. The molecule has 12 heteroatoms. The molecule has 0 bridgehead atoms. The Morgan fingerprint density at radius 2 is 1.72 bits per heavy atom. The number of carboxylic acids is 1. The van der Waals surface area contributed by atoms with Crippen molar-refractivity contribution >= 4 is 40.5 Å². The molecule has 1 saturated heterocycles. The maximum absolute atomic E-state index is 14.0. The van der Waals surface area contributed by atoms with Gasteiger partial charge in [0.1, 0.15) is 29.7 Å². The maximum atomic E-state index is 14.0. The molecule has 0 radical (unpaired) electrons. The van der Waals surface area contributed by atoms with Crippen molar-refractivity contribution in [3.8, 4) is 0 Å². The zero-order valence-corrected chi connectivity index (χ0v) is 26.1. The third kappa shape index (κ3) is 7.48. The standard InChI is InChI=1S/C34H39F2N3O7/c1-34(2,3)46-33(44)38-26(18-35)20-4-6-21(7-5-20)31(41)39-15-14-25(19-8-10-23(36)11-9-19)29(39)30(40)37-24-12-13-27-22(16-24)17-28(45-27)32(42)43/h8-13,16-17,20-21,25-26,29H,4-7,14-15,18H2,1-3H3,(H,37,40)(H,38,44)(H,42,43)/t20?,21?,25-,26?,29-/m0/s1. The van der Waals surface area contributed by atoms with Crippen LogP contribution in [0.4, 0.5) is 19.3 Å². The second-order valence-electron chi connectivity index (χ2n) is 13.1. The number of carbonyl (C=O) groups excluding carboxylic acids is 3. The Kier molecular flexibility index (Phi) is 9.64. The van der Waals surface area contributed by atoms with Gasteiger partial charge in [-0.3, -0.25) is 9.59 Å². The fourth-order valence-corrected chi connectivity index (χ4v) is 6.61. The van der Waals surface area contributed by atoms with Gasteiger partial charge in [-0.05, 0) is 101 Å². The first-order valence-electron chi connectivity index (χ1n) is 15.5. The van der Waals surface area contributed by atoms with Gasteiger partial charge in [0.15, 0.2) is 0 Å². The number of carbonyl (C=O) groups is 4. The molecule has 3 aromatic rings. The quantitative estimate of drug-likeness (QED) is 0.264. The number of benzene rings is 2. The third-order valence-corrected chi connectivity index (χ3v) is 8.80. The second-order valence-corrected chi connectivity index (χ2v) is 13.1. The van der Waals surface area contributed by atoms with Crippen molar-refractivity contribution in [3.05, 3.63) is 65.7 Å². The Balaban J connectivity index is 1.30. The molecule has 3 N–H and O–H groups in total. The molecule has 1 aromatic heterocycles. The number of alkyl carbamates (subject to hydrolysis) is 1. The Morgan fingerprint density at radius 1 is 1.02 bits per heavy atom. The number of carboxylic acid groups (broad SMARTS) is 1. The summed E-state index contributed by atoms with van der Waals surface area (Å²) in [5.74, 6) is -3.36. The first-order chi connectivity index (χ1) is 21.8. The molecule has 246 valence electrons. The van der Waals surface area contributed by atoms with Crippen LogP contribution in [0.1, 0.15) is 74.9 Å². The lowest BCUT2D eigenvalue weighted by Crippen LogP contribution is -2.49. The van der Waals surface area contributed by atoms with Crippen molar-refractivity contribution in [2.24, 2.45) is 11.8 Å². The van der Waals surface area contributed by atoms with Crippen molar-refractivity contribution in [2.75, 3.05) is 18.5 Å². The maximum Gasteiger partial charge on any atom is 0.407 e. The lowest BCUT2D eigenvalue weighted by Gasteiger charge is -2.36. The summed E-state index contributed by atoms with van der Waals surface area (Å²) in [5.41, 5.74) is 0.776. The van der Waals surface area contributed by atoms with E-state index in [4.69, 9.17) is 9.15 Å². The van der Waals surface area contributed by atoms with E-state index in [9.17, 15) is 33.1 Å². The molecular formula is C34H39F2N3O7. The zero-order valence-electron chi connectivity index (χ0n) is 26.1. The summed E-state index contributed by atoms with van der Waals surface area (Å²) < 4.78 is 38.3. The number of hydrogen-bond acceptors (Lipinski definition) is 6. The molecule has 3 amide bonds. The van der Waals surface area contributed by atoms with E-state index in [0.29, 0.717) is 55.3 Å². The van der Waals surface area contributed by atoms with Crippen LogP contribution in [0.25, 0.3) is 11.0 Å². The number of halogens is 2. The summed E-state index contributed by atoms with van der Waals surface area (Å²) in [6, 6.07) is 10.4. The average molecular weight is 640 g/mol. The van der Waals surface area contributed by atoms with Gasteiger partial charge >= 0.3 is 12.1 Å². The molecule has 5 rings (SSSR count). The zero-order chi connectivity index (χ0) is 33.2. The van der Waals surface area contributed by atoms with Crippen LogP contribution in [0.3, 0.4) is 0 Å². The molecule has 10 nitrogen and oxygen atoms in total. The highest BCUT2D eigenvalue weighted by Gasteiger charge is 2.45. The largest absolute Gasteiger partial charge is 0.475 e. The van der Waals surface area contributed by atoms with Crippen LogP contribution in [-0.2, 0) is 14.3 Å². The predicted molar refractivity (Wildman–Crippen MR) is 166 cm³/mol. The number of fused-ring (bicyclic) bond motifs is 1. The highest BCUT2D eigenvalue weighted by Crippen LogP contribution is 2.39. The van der Waals surface area contributed by atoms with Gasteiger partial charge in [-0.25, -0.2) is 18.4 Å². The van der Waals surface area contributed by atoms with Crippen molar-refractivity contribution in [1.29, 1.82) is 0 Å². The number of likely N-dealkylation sites (tertiary alicyclic amines) is 1. The first kappa shape index (κ1) is 32.9. The third-order valence-electron chi connectivity index (χ3n) is 8.80. The van der Waals surface area contributed by atoms with Crippen LogP contribution in [0, 0.1) is 17.7 Å². The molecule has 2 aromatic carbocycles. The molecular weight excluding hydrogens is 600 g/mol. The molecule has 2 heterocycles. The SMILES string of the molecule is CC(C)(C)OC(=O)NC(CF)C1CCC(C(=O)N2CC[C@@H](c3ccc(F)cc3)[C@H]2C(=O)Nc2ccc3oc(C(=O)O)cc3c2)CC1. The molecule has 1 saturated carbocycles. The molecule has 2 fully saturated rings. The van der Waals surface area contributed by atoms with Crippen LogP contribution >= 0.6 is 0 Å². The predicted octanol–water partition coefficient (Wildman–Crippen LogP) is 6.26. The summed E-state index contributed by atoms with van der Waals surface area (Å²) >= 11 is 0. The number of rotatable bonds is 8. The lowest BCUT2D eigenvalue weighted by atomic mass is 9.78. The number of amides is 3. The highest BCUT2D eigenvalue weighted by molar-refractivity contribution is 6.00. The van der Waals surface area contributed by atoms with E-state index >= 15 is 0 Å². The smallest absolute Gasteiger partial charge is 0.407 e. The van der Waals surface area contributed by atoms with Crippen LogP contribution in [0.5, 0.6) is 0 Å². The van der Waals surface area contributed by atoms with E-state index in [0.717, 1.165) is 5.56 Å². The summed E-state index contributed by atoms with van der Waals surface area (Å²) in [5, 5.41) is 15.3. The molecule has 1 unspecified atom stereocenters. The van der Waals surface area contributed by atoms with Gasteiger partial charge in [0.25, 0.3) is 0 Å². The fourth-order valence-electron chi connectivity index (χ4n) is 6.61. The van der Waals surface area contributed by atoms with E-state index in [1.165, 1.54) is 18.2 Å². The Bertz CT molecular complexity index is 1590. The highest BCUT2D eigenvalue weighted by atomic mass is 19.1. The summed E-state index contributed by atoms with van der Waals surface area (Å²) in [4.78, 5) is 53.1. The summed E-state index contributed by atoms with van der Waals surface area (Å²) in [7, 11) is 0. The lowest BCUT2D eigenvalue weighted by molar-refractivity contribution is -0.141. The van der Waals surface area contributed by atoms with E-state index in [1.54, 1.807) is 56.0 Å². The van der Waals surface area contributed by atoms with Gasteiger partial charge in [-0.15, -0.1) is 0 Å². The number of nitrogens with zero attached hydrogens (tertiary/aromatic N) is 1. The number of ether oxygens (including phenoxy) is 1. The normalized spacial score (nSPS) is 22.3. The van der Waals surface area contributed by atoms with Crippen LogP contribution in [-0.4, -0.2) is 64.8 Å². The number of alkyl halides is 1. The van der Waals surface area contributed by atoms with Crippen molar-refractivity contribution in [1.82, 2.24) is 10.2 Å². The molecule has 1 aliphatic carbocycles. The fraction of sp³-hybridized carbons (Fsp3) is 0.471. The minimum atomic E-state index is -1.21. The Labute approximate surface area is 265 Å². The second kappa shape index (κ2) is 13.5. The van der Waals surface area contributed by atoms with Crippen LogP contribution < -0.4 is 10.6 Å². The minimum absolute atomic E-state index is 0.161. The van der Waals surface area contributed by atoms with Gasteiger partial charge in [0.05, 0.1) is 6.04 Å². The molecule has 2 aliphatic rings. The van der Waals surface area contributed by atoms with E-state index in [2.05, 4.69) is 10.6 Å². The molecule has 1 aliphatic heterocycles. The summed E-state index contributed by atoms with van der Waals surface area (Å²) in [6.45, 7) is 4.77. The van der Waals surface area contributed by atoms with Crippen LogP contribution in [0.2, 0.25) is 0 Å². The van der Waals surface area contributed by atoms with E-state index in [-0.39, 0.29) is 29.4 Å². The van der Waals surface area contributed by atoms with Crippen molar-refractivity contribution < 1.29 is 42.2 Å². The first-order valence-corrected chi connectivity index (χ1v) is 15.5. The number of furan rings is 1. The minimum Gasteiger partial charge on any atom is -0.475 e. The average Bonchev–Trinajstić information content (AvgIpc) is 3.64. The van der Waals surface area contributed by atoms with Gasteiger partial charge in [-0.1, -0.05) is 12.1 Å². The number of hydrogen-bond donors (Lipinski definition) is 3. The van der Waals surface area contributed by atoms with Gasteiger partial charge in [0, 0.05) is 29.5 Å². The van der Waals surface area contributed by atoms with Gasteiger partial charge in [-0.2, -0.15) is 0 Å². The molecule has 0 spiro atoms. The van der Waals surface area contributed by atoms with Crippen molar-refractivity contribution in [2.45, 2.75) is 76.5 Å². The Hall–Kier alpha value is -4.48. The molecule has 46 heavy (non-hydrogen) atoms. The van der Waals surface area contributed by atoms with Gasteiger partial charge in [0.2, 0.25) is 17.6 Å². The van der Waals surface area contributed by atoms with Crippen molar-refractivity contribution in [3.63, 3.8) is 0 Å². The van der Waals surface area contributed by atoms with Gasteiger partial charge < -0.3 is 29.8 Å². The van der Waals surface area contributed by atoms with E-state index in [1.807, 2.05) is 0 Å². The summed E-state index contributed by atoms with van der Waals surface area (Å²) in [6.07, 6.45) is 1.82. The molecule has 3 atom stereocenters. The van der Waals surface area contributed by atoms with E-state index < -0.39 is 48.1 Å². The Morgan fingerprint density at radius 3 is 2.35 bits per heavy atom. The topological polar surface area (TPSA) is 138 Å². The monoisotopic (exact) mass is 639 g/mol. The van der Waals surface area contributed by atoms with Crippen LogP contribution in [0.15, 0.2) is 52.9 Å². The number of nitrogens with one attached hydrogen (secondary N) is 2. The number of anilines is 1.